The van der Waals surface area contributed by atoms with E-state index in [4.69, 9.17) is 5.73 Å². The maximum Gasteiger partial charge on any atom is 0.126 e. The Balaban J connectivity index is 1.61. The normalized spacial score (nSPS) is 25.1. The second-order valence-corrected chi connectivity index (χ2v) is 5.28. The van der Waals surface area contributed by atoms with Crippen LogP contribution in [0.2, 0.25) is 0 Å². The van der Waals surface area contributed by atoms with Crippen molar-refractivity contribution >= 4 is 11.5 Å². The molecule has 1 aliphatic carbocycles. The van der Waals surface area contributed by atoms with Gasteiger partial charge in [-0.25, -0.2) is 4.98 Å². The summed E-state index contributed by atoms with van der Waals surface area (Å²) in [6.45, 7) is 4.42. The third-order valence-corrected chi connectivity index (χ3v) is 3.79. The van der Waals surface area contributed by atoms with Gasteiger partial charge >= 0.3 is 0 Å². The first kappa shape index (κ1) is 10.8. The molecule has 0 radical (unpaired) electrons. The van der Waals surface area contributed by atoms with Crippen LogP contribution in [0.3, 0.4) is 0 Å². The molecule has 1 unspecified atom stereocenters. The quantitative estimate of drug-likeness (QED) is 0.831. The summed E-state index contributed by atoms with van der Waals surface area (Å²) in [6, 6.07) is 3.46. The molecule has 4 nitrogen and oxygen atoms in total. The zero-order valence-electron chi connectivity index (χ0n) is 10.3. The molecular weight excluding hydrogens is 212 g/mol. The Bertz CT molecular complexity index is 414. The van der Waals surface area contributed by atoms with Gasteiger partial charge in [-0.15, -0.1) is 0 Å². The van der Waals surface area contributed by atoms with Crippen LogP contribution in [0.15, 0.2) is 12.3 Å². The van der Waals surface area contributed by atoms with Gasteiger partial charge in [0.1, 0.15) is 5.82 Å². The Labute approximate surface area is 102 Å². The highest BCUT2D eigenvalue weighted by atomic mass is 15.2. The SMILES string of the molecule is Cc1cc(NC2CCN(C3CC3)C2)ncc1N. The summed E-state index contributed by atoms with van der Waals surface area (Å²) in [5, 5.41) is 3.51. The molecule has 2 heterocycles. The number of pyridine rings is 1. The average molecular weight is 232 g/mol. The molecular formula is C13H20N4. The van der Waals surface area contributed by atoms with Crippen LogP contribution in [0.25, 0.3) is 0 Å². The minimum atomic E-state index is 0.547. The summed E-state index contributed by atoms with van der Waals surface area (Å²) in [4.78, 5) is 6.93. The molecule has 2 fully saturated rings. The number of nitrogens with one attached hydrogen (secondary N) is 1. The van der Waals surface area contributed by atoms with E-state index in [9.17, 15) is 0 Å². The van der Waals surface area contributed by atoms with Crippen molar-refractivity contribution in [2.24, 2.45) is 0 Å². The number of likely N-dealkylation sites (tertiary alicyclic amines) is 1. The molecule has 1 saturated carbocycles. The van der Waals surface area contributed by atoms with Crippen LogP contribution >= 0.6 is 0 Å². The van der Waals surface area contributed by atoms with E-state index in [2.05, 4.69) is 15.2 Å². The minimum absolute atomic E-state index is 0.547. The van der Waals surface area contributed by atoms with Crippen LogP contribution in [0, 0.1) is 6.92 Å². The first-order valence-corrected chi connectivity index (χ1v) is 6.45. The predicted octanol–water partition coefficient (Wildman–Crippen LogP) is 1.62. The lowest BCUT2D eigenvalue weighted by molar-refractivity contribution is 0.326. The van der Waals surface area contributed by atoms with E-state index in [-0.39, 0.29) is 0 Å². The van der Waals surface area contributed by atoms with E-state index in [1.54, 1.807) is 6.20 Å². The van der Waals surface area contributed by atoms with Gasteiger partial charge in [0.25, 0.3) is 0 Å². The number of nitrogen functional groups attached to an aromatic ring is 1. The number of aryl methyl sites for hydroxylation is 1. The van der Waals surface area contributed by atoms with Crippen LogP contribution in [0.4, 0.5) is 11.5 Å². The van der Waals surface area contributed by atoms with Crippen LogP contribution in [0.1, 0.15) is 24.8 Å². The Morgan fingerprint density at radius 2 is 2.24 bits per heavy atom. The summed E-state index contributed by atoms with van der Waals surface area (Å²) < 4.78 is 0. The molecule has 0 amide bonds. The van der Waals surface area contributed by atoms with Crippen molar-refractivity contribution < 1.29 is 0 Å². The largest absolute Gasteiger partial charge is 0.397 e. The van der Waals surface area contributed by atoms with E-state index in [1.165, 1.54) is 25.8 Å². The predicted molar refractivity (Wildman–Crippen MR) is 70.0 cm³/mol. The van der Waals surface area contributed by atoms with Gasteiger partial charge in [-0.2, -0.15) is 0 Å². The Morgan fingerprint density at radius 3 is 2.94 bits per heavy atom. The first-order valence-electron chi connectivity index (χ1n) is 6.45. The summed E-state index contributed by atoms with van der Waals surface area (Å²) in [7, 11) is 0. The zero-order valence-corrected chi connectivity index (χ0v) is 10.3. The molecule has 3 rings (SSSR count). The van der Waals surface area contributed by atoms with Crippen molar-refractivity contribution in [3.63, 3.8) is 0 Å². The van der Waals surface area contributed by atoms with Gasteiger partial charge < -0.3 is 11.1 Å². The topological polar surface area (TPSA) is 54.2 Å². The van der Waals surface area contributed by atoms with Gasteiger partial charge in [0, 0.05) is 25.2 Å². The number of aromatic nitrogens is 1. The fraction of sp³-hybridized carbons (Fsp3) is 0.615. The van der Waals surface area contributed by atoms with Gasteiger partial charge in [-0.3, -0.25) is 4.90 Å². The van der Waals surface area contributed by atoms with E-state index in [0.29, 0.717) is 6.04 Å². The van der Waals surface area contributed by atoms with E-state index in [1.807, 2.05) is 13.0 Å². The van der Waals surface area contributed by atoms with Crippen molar-refractivity contribution in [3.8, 4) is 0 Å². The number of rotatable bonds is 3. The molecule has 3 N–H and O–H groups in total. The Hall–Kier alpha value is -1.29. The lowest BCUT2D eigenvalue weighted by Gasteiger charge is -2.16. The van der Waals surface area contributed by atoms with Crippen LogP contribution in [-0.2, 0) is 0 Å². The van der Waals surface area contributed by atoms with E-state index < -0.39 is 0 Å². The summed E-state index contributed by atoms with van der Waals surface area (Å²) in [5.74, 6) is 0.958. The van der Waals surface area contributed by atoms with E-state index >= 15 is 0 Å². The molecule has 17 heavy (non-hydrogen) atoms. The molecule has 0 spiro atoms. The van der Waals surface area contributed by atoms with Gasteiger partial charge in [0.15, 0.2) is 0 Å². The highest BCUT2D eigenvalue weighted by Gasteiger charge is 2.34. The van der Waals surface area contributed by atoms with Crippen LogP contribution in [0.5, 0.6) is 0 Å². The Morgan fingerprint density at radius 1 is 1.41 bits per heavy atom. The summed E-state index contributed by atoms with van der Waals surface area (Å²) >= 11 is 0. The van der Waals surface area contributed by atoms with Crippen molar-refractivity contribution in [1.29, 1.82) is 0 Å². The molecule has 0 bridgehead atoms. The second kappa shape index (κ2) is 4.18. The fourth-order valence-corrected chi connectivity index (χ4v) is 2.53. The highest BCUT2D eigenvalue weighted by Crippen LogP contribution is 2.30. The number of hydrogen-bond donors (Lipinski definition) is 2. The van der Waals surface area contributed by atoms with Crippen molar-refractivity contribution in [2.75, 3.05) is 24.1 Å². The first-order chi connectivity index (χ1) is 8.22. The van der Waals surface area contributed by atoms with Gasteiger partial charge in [-0.05, 0) is 37.8 Å². The van der Waals surface area contributed by atoms with Crippen LogP contribution < -0.4 is 11.1 Å². The minimum Gasteiger partial charge on any atom is -0.397 e. The molecule has 1 aromatic rings. The third kappa shape index (κ3) is 2.36. The standard InChI is InChI=1S/C13H20N4/c1-9-6-13(15-7-12(9)14)16-10-4-5-17(8-10)11-2-3-11/h6-7,10-11H,2-5,8,14H2,1H3,(H,15,16). The number of anilines is 2. The number of hydrogen-bond acceptors (Lipinski definition) is 4. The maximum atomic E-state index is 5.77. The molecule has 1 atom stereocenters. The summed E-state index contributed by atoms with van der Waals surface area (Å²) in [6.07, 6.45) is 5.75. The molecule has 1 saturated heterocycles. The smallest absolute Gasteiger partial charge is 0.126 e. The molecule has 2 aliphatic rings. The van der Waals surface area contributed by atoms with Gasteiger partial charge in [0.2, 0.25) is 0 Å². The lowest BCUT2D eigenvalue weighted by atomic mass is 10.2. The van der Waals surface area contributed by atoms with E-state index in [0.717, 1.165) is 29.7 Å². The van der Waals surface area contributed by atoms with Gasteiger partial charge in [0.05, 0.1) is 11.9 Å². The fourth-order valence-electron chi connectivity index (χ4n) is 2.53. The van der Waals surface area contributed by atoms with Crippen molar-refractivity contribution in [3.05, 3.63) is 17.8 Å². The average Bonchev–Trinajstić information content (AvgIpc) is 3.06. The molecule has 92 valence electrons. The Kier molecular flexibility index (Phi) is 2.67. The molecule has 4 heteroatoms. The van der Waals surface area contributed by atoms with Crippen LogP contribution in [-0.4, -0.2) is 35.1 Å². The number of nitrogens with two attached hydrogens (primary N) is 1. The monoisotopic (exact) mass is 232 g/mol. The zero-order chi connectivity index (χ0) is 11.8. The maximum absolute atomic E-state index is 5.77. The summed E-state index contributed by atoms with van der Waals surface area (Å²) in [5.41, 5.74) is 7.63. The molecule has 1 aliphatic heterocycles. The third-order valence-electron chi connectivity index (χ3n) is 3.79. The van der Waals surface area contributed by atoms with Gasteiger partial charge in [-0.1, -0.05) is 0 Å². The lowest BCUT2D eigenvalue weighted by Crippen LogP contribution is -2.28. The highest BCUT2D eigenvalue weighted by molar-refractivity contribution is 5.51. The molecule has 1 aromatic heterocycles. The molecule has 0 aromatic carbocycles. The number of nitrogens with zero attached hydrogens (tertiary/aromatic N) is 2. The van der Waals surface area contributed by atoms with Crippen molar-refractivity contribution in [2.45, 2.75) is 38.3 Å². The van der Waals surface area contributed by atoms with Crippen molar-refractivity contribution in [1.82, 2.24) is 9.88 Å². The second-order valence-electron chi connectivity index (χ2n) is 5.28.